The first-order valence-corrected chi connectivity index (χ1v) is 6.47. The van der Waals surface area contributed by atoms with Gasteiger partial charge >= 0.3 is 12.0 Å². The van der Waals surface area contributed by atoms with E-state index in [0.29, 0.717) is 5.56 Å². The van der Waals surface area contributed by atoms with Crippen LogP contribution in [0, 0.1) is 13.8 Å². The Hall–Kier alpha value is -1.89. The molecule has 0 saturated carbocycles. The highest BCUT2D eigenvalue weighted by atomic mass is 32.1. The second-order valence-electron chi connectivity index (χ2n) is 3.94. The molecular formula is C12H16N2O4S. The van der Waals surface area contributed by atoms with Gasteiger partial charge in [-0.25, -0.2) is 9.59 Å². The molecule has 1 aromatic rings. The van der Waals surface area contributed by atoms with Crippen molar-refractivity contribution in [3.8, 4) is 0 Å². The standard InChI is InChI=1S/C12H16N2O4S/c1-6-5-9(8(3)19-6)11(16)18-7(2)10(15)14-12(17)13-4/h5,7H,1-4H3,(H2,13,14,15,17)/t7-/m1/s1. The Labute approximate surface area is 115 Å². The summed E-state index contributed by atoms with van der Waals surface area (Å²) in [6.45, 7) is 5.10. The molecule has 0 aliphatic rings. The van der Waals surface area contributed by atoms with Gasteiger partial charge in [0.05, 0.1) is 5.56 Å². The quantitative estimate of drug-likeness (QED) is 0.821. The lowest BCUT2D eigenvalue weighted by Crippen LogP contribution is -2.43. The van der Waals surface area contributed by atoms with Crippen LogP contribution in [0.2, 0.25) is 0 Å². The summed E-state index contributed by atoms with van der Waals surface area (Å²) in [5, 5.41) is 4.28. The fraction of sp³-hybridized carbons (Fsp3) is 0.417. The van der Waals surface area contributed by atoms with E-state index in [-0.39, 0.29) is 0 Å². The third kappa shape index (κ3) is 4.06. The first kappa shape index (κ1) is 15.2. The van der Waals surface area contributed by atoms with Gasteiger partial charge in [0.25, 0.3) is 5.91 Å². The van der Waals surface area contributed by atoms with E-state index in [1.165, 1.54) is 25.3 Å². The average Bonchev–Trinajstić information content (AvgIpc) is 2.68. The van der Waals surface area contributed by atoms with E-state index in [2.05, 4.69) is 5.32 Å². The molecule has 7 heteroatoms. The molecule has 0 aromatic carbocycles. The number of urea groups is 1. The average molecular weight is 284 g/mol. The maximum Gasteiger partial charge on any atom is 0.340 e. The molecule has 19 heavy (non-hydrogen) atoms. The summed E-state index contributed by atoms with van der Waals surface area (Å²) in [7, 11) is 1.39. The van der Waals surface area contributed by atoms with E-state index in [4.69, 9.17) is 4.74 Å². The third-order valence-corrected chi connectivity index (χ3v) is 3.34. The van der Waals surface area contributed by atoms with Crippen molar-refractivity contribution in [1.82, 2.24) is 10.6 Å². The number of amides is 3. The Morgan fingerprint density at radius 2 is 1.95 bits per heavy atom. The number of esters is 1. The van der Waals surface area contributed by atoms with Gasteiger partial charge in [-0.2, -0.15) is 0 Å². The maximum absolute atomic E-state index is 11.9. The minimum absolute atomic E-state index is 0.446. The Kier molecular flexibility index (Phi) is 5.05. The zero-order chi connectivity index (χ0) is 14.6. The van der Waals surface area contributed by atoms with Gasteiger partial charge in [0, 0.05) is 16.8 Å². The lowest BCUT2D eigenvalue weighted by atomic mass is 10.2. The number of ether oxygens (including phenoxy) is 1. The number of imide groups is 1. The summed E-state index contributed by atoms with van der Waals surface area (Å²) in [6.07, 6.45) is -1.04. The molecule has 2 N–H and O–H groups in total. The zero-order valence-electron chi connectivity index (χ0n) is 11.2. The molecule has 6 nitrogen and oxygen atoms in total. The fourth-order valence-corrected chi connectivity index (χ4v) is 2.30. The van der Waals surface area contributed by atoms with Gasteiger partial charge in [0.2, 0.25) is 0 Å². The van der Waals surface area contributed by atoms with Crippen LogP contribution >= 0.6 is 11.3 Å². The molecule has 1 heterocycles. The Morgan fingerprint density at radius 1 is 1.32 bits per heavy atom. The summed E-state index contributed by atoms with van der Waals surface area (Å²) in [4.78, 5) is 36.2. The first-order chi connectivity index (χ1) is 8.85. The number of carbonyl (C=O) groups is 3. The monoisotopic (exact) mass is 284 g/mol. The van der Waals surface area contributed by atoms with Crippen molar-refractivity contribution in [2.45, 2.75) is 26.9 Å². The predicted octanol–water partition coefficient (Wildman–Crippen LogP) is 1.37. The van der Waals surface area contributed by atoms with Gasteiger partial charge in [-0.3, -0.25) is 10.1 Å². The Bertz CT molecular complexity index is 510. The molecule has 1 rings (SSSR count). The highest BCUT2D eigenvalue weighted by Crippen LogP contribution is 2.21. The van der Waals surface area contributed by atoms with Crippen LogP contribution in [-0.2, 0) is 9.53 Å². The van der Waals surface area contributed by atoms with Gasteiger partial charge in [-0.15, -0.1) is 11.3 Å². The number of rotatable bonds is 3. The molecule has 3 amide bonds. The van der Waals surface area contributed by atoms with E-state index in [0.717, 1.165) is 9.75 Å². The van der Waals surface area contributed by atoms with Crippen LogP contribution in [0.15, 0.2) is 6.07 Å². The van der Waals surface area contributed by atoms with E-state index in [1.54, 1.807) is 6.07 Å². The zero-order valence-corrected chi connectivity index (χ0v) is 12.0. The highest BCUT2D eigenvalue weighted by molar-refractivity contribution is 7.12. The Balaban J connectivity index is 2.64. The summed E-state index contributed by atoms with van der Waals surface area (Å²) in [5.41, 5.74) is 0.446. The topological polar surface area (TPSA) is 84.5 Å². The van der Waals surface area contributed by atoms with Gasteiger partial charge in [0.15, 0.2) is 6.10 Å². The van der Waals surface area contributed by atoms with Crippen LogP contribution < -0.4 is 10.6 Å². The maximum atomic E-state index is 11.9. The molecule has 0 unspecified atom stereocenters. The predicted molar refractivity (Wildman–Crippen MR) is 71.3 cm³/mol. The number of carbonyl (C=O) groups excluding carboxylic acids is 3. The summed E-state index contributed by atoms with van der Waals surface area (Å²) >= 11 is 1.48. The number of aryl methyl sites for hydroxylation is 2. The fourth-order valence-electron chi connectivity index (χ4n) is 1.39. The molecule has 0 saturated heterocycles. The van der Waals surface area contributed by atoms with Gasteiger partial charge in [-0.05, 0) is 26.8 Å². The van der Waals surface area contributed by atoms with Crippen molar-refractivity contribution in [3.05, 3.63) is 21.4 Å². The molecule has 0 fully saturated rings. The minimum Gasteiger partial charge on any atom is -0.449 e. The third-order valence-electron chi connectivity index (χ3n) is 2.38. The molecule has 0 spiro atoms. The normalized spacial score (nSPS) is 11.6. The van der Waals surface area contributed by atoms with Crippen molar-refractivity contribution >= 4 is 29.2 Å². The molecule has 0 radical (unpaired) electrons. The highest BCUT2D eigenvalue weighted by Gasteiger charge is 2.22. The SMILES string of the molecule is CNC(=O)NC(=O)[C@@H](C)OC(=O)c1cc(C)sc1C. The Morgan fingerprint density at radius 3 is 2.42 bits per heavy atom. The van der Waals surface area contributed by atoms with Crippen LogP contribution in [0.4, 0.5) is 4.79 Å². The first-order valence-electron chi connectivity index (χ1n) is 5.65. The van der Waals surface area contributed by atoms with Crippen LogP contribution in [0.25, 0.3) is 0 Å². The largest absolute Gasteiger partial charge is 0.449 e. The number of hydrogen-bond acceptors (Lipinski definition) is 5. The van der Waals surface area contributed by atoms with E-state index in [9.17, 15) is 14.4 Å². The second kappa shape index (κ2) is 6.33. The van der Waals surface area contributed by atoms with Crippen molar-refractivity contribution in [1.29, 1.82) is 0 Å². The molecule has 1 atom stereocenters. The molecule has 0 aliphatic heterocycles. The van der Waals surface area contributed by atoms with Crippen LogP contribution in [0.3, 0.4) is 0 Å². The van der Waals surface area contributed by atoms with Crippen LogP contribution in [-0.4, -0.2) is 31.1 Å². The summed E-state index contributed by atoms with van der Waals surface area (Å²) in [5.74, 6) is -1.24. The molecular weight excluding hydrogens is 268 g/mol. The molecule has 104 valence electrons. The smallest absolute Gasteiger partial charge is 0.340 e. The summed E-state index contributed by atoms with van der Waals surface area (Å²) < 4.78 is 5.01. The lowest BCUT2D eigenvalue weighted by Gasteiger charge is -2.12. The van der Waals surface area contributed by atoms with Crippen molar-refractivity contribution in [2.75, 3.05) is 7.05 Å². The number of hydrogen-bond donors (Lipinski definition) is 2. The van der Waals surface area contributed by atoms with Crippen molar-refractivity contribution in [2.24, 2.45) is 0 Å². The number of nitrogens with one attached hydrogen (secondary N) is 2. The van der Waals surface area contributed by atoms with Crippen molar-refractivity contribution < 1.29 is 19.1 Å². The van der Waals surface area contributed by atoms with E-state index in [1.807, 2.05) is 19.2 Å². The number of thiophene rings is 1. The molecule has 1 aromatic heterocycles. The molecule has 0 bridgehead atoms. The van der Waals surface area contributed by atoms with Gasteiger partial charge in [-0.1, -0.05) is 0 Å². The van der Waals surface area contributed by atoms with Crippen molar-refractivity contribution in [3.63, 3.8) is 0 Å². The summed E-state index contributed by atoms with van der Waals surface area (Å²) in [6, 6.07) is 1.07. The van der Waals surface area contributed by atoms with Gasteiger partial charge < -0.3 is 10.1 Å². The lowest BCUT2D eigenvalue weighted by molar-refractivity contribution is -0.127. The molecule has 0 aliphatic carbocycles. The van der Waals surface area contributed by atoms with Gasteiger partial charge in [0.1, 0.15) is 0 Å². The van der Waals surface area contributed by atoms with E-state index < -0.39 is 24.0 Å². The van der Waals surface area contributed by atoms with Crippen LogP contribution in [0.1, 0.15) is 27.0 Å². The van der Waals surface area contributed by atoms with Crippen LogP contribution in [0.5, 0.6) is 0 Å². The second-order valence-corrected chi connectivity index (χ2v) is 5.40. The minimum atomic E-state index is -1.04. The van der Waals surface area contributed by atoms with E-state index >= 15 is 0 Å².